The van der Waals surface area contributed by atoms with Gasteiger partial charge in [0.25, 0.3) is 0 Å². The van der Waals surface area contributed by atoms with Gasteiger partial charge in [0.15, 0.2) is 5.89 Å². The first-order valence-corrected chi connectivity index (χ1v) is 5.27. The molecule has 74 valence electrons. The van der Waals surface area contributed by atoms with Crippen molar-refractivity contribution in [2.24, 2.45) is 5.73 Å². The summed E-state index contributed by atoms with van der Waals surface area (Å²) in [4.78, 5) is 21.0. The number of hydrogen-bond donors (Lipinski definition) is 3. The van der Waals surface area contributed by atoms with Gasteiger partial charge in [-0.15, -0.1) is 0 Å². The number of rotatable bonds is 3. The van der Waals surface area contributed by atoms with Crippen molar-refractivity contribution in [1.29, 1.82) is 0 Å². The van der Waals surface area contributed by atoms with Crippen LogP contribution in [0.1, 0.15) is 12.8 Å². The highest BCUT2D eigenvalue weighted by Gasteiger charge is 2.22. The standard InChI is InChI=1S/C6H11N2O4P/c1-4(7)2-5-8-3-6(12-5)13(9,10)11/h3-4H,2,7H2,1H3,(H2,9,10,11)/t4-/m1/s1. The molecule has 0 bridgehead atoms. The first kappa shape index (κ1) is 10.4. The molecule has 0 aromatic carbocycles. The molecule has 0 fully saturated rings. The molecule has 13 heavy (non-hydrogen) atoms. The Morgan fingerprint density at radius 3 is 2.77 bits per heavy atom. The van der Waals surface area contributed by atoms with Crippen LogP contribution in [0.5, 0.6) is 0 Å². The topological polar surface area (TPSA) is 110 Å². The maximum absolute atomic E-state index is 10.7. The fraction of sp³-hybridized carbons (Fsp3) is 0.500. The zero-order valence-corrected chi connectivity index (χ0v) is 7.94. The molecule has 1 rings (SSSR count). The van der Waals surface area contributed by atoms with Gasteiger partial charge in [0.1, 0.15) is 0 Å². The van der Waals surface area contributed by atoms with E-state index in [4.69, 9.17) is 19.9 Å². The fourth-order valence-corrected chi connectivity index (χ4v) is 1.24. The van der Waals surface area contributed by atoms with Gasteiger partial charge in [-0.3, -0.25) is 4.57 Å². The Hall–Kier alpha value is -0.680. The van der Waals surface area contributed by atoms with Gasteiger partial charge in [0.05, 0.1) is 6.20 Å². The van der Waals surface area contributed by atoms with Crippen LogP contribution in [0, 0.1) is 0 Å². The van der Waals surface area contributed by atoms with Crippen molar-refractivity contribution in [3.05, 3.63) is 12.1 Å². The quantitative estimate of drug-likeness (QED) is 0.568. The van der Waals surface area contributed by atoms with Crippen molar-refractivity contribution in [3.8, 4) is 0 Å². The van der Waals surface area contributed by atoms with Crippen molar-refractivity contribution >= 4 is 13.1 Å². The van der Waals surface area contributed by atoms with Crippen molar-refractivity contribution in [2.45, 2.75) is 19.4 Å². The van der Waals surface area contributed by atoms with Gasteiger partial charge in [-0.05, 0) is 6.92 Å². The fourth-order valence-electron chi connectivity index (χ4n) is 0.805. The van der Waals surface area contributed by atoms with Crippen molar-refractivity contribution in [2.75, 3.05) is 0 Å². The SMILES string of the molecule is C[C@@H](N)Cc1ncc(P(=O)(O)O)o1. The summed E-state index contributed by atoms with van der Waals surface area (Å²) in [5.41, 5.74) is 5.03. The van der Waals surface area contributed by atoms with Crippen LogP contribution in [-0.2, 0) is 11.0 Å². The van der Waals surface area contributed by atoms with E-state index >= 15 is 0 Å². The highest BCUT2D eigenvalue weighted by molar-refractivity contribution is 7.59. The third-order valence-electron chi connectivity index (χ3n) is 1.33. The van der Waals surface area contributed by atoms with E-state index in [9.17, 15) is 4.57 Å². The van der Waals surface area contributed by atoms with E-state index in [1.54, 1.807) is 6.92 Å². The Bertz CT molecular complexity index is 329. The zero-order valence-electron chi connectivity index (χ0n) is 7.04. The van der Waals surface area contributed by atoms with Crippen LogP contribution < -0.4 is 11.2 Å². The molecule has 1 atom stereocenters. The van der Waals surface area contributed by atoms with E-state index < -0.39 is 13.1 Å². The maximum Gasteiger partial charge on any atom is 0.392 e. The lowest BCUT2D eigenvalue weighted by Gasteiger charge is -1.99. The van der Waals surface area contributed by atoms with E-state index in [-0.39, 0.29) is 11.9 Å². The van der Waals surface area contributed by atoms with Gasteiger partial charge >= 0.3 is 7.60 Å². The molecule has 0 aliphatic carbocycles. The molecule has 1 aromatic rings. The largest absolute Gasteiger partial charge is 0.433 e. The zero-order chi connectivity index (χ0) is 10.1. The Morgan fingerprint density at radius 1 is 1.77 bits per heavy atom. The smallest absolute Gasteiger partial charge is 0.392 e. The highest BCUT2D eigenvalue weighted by Crippen LogP contribution is 2.33. The van der Waals surface area contributed by atoms with E-state index in [0.717, 1.165) is 6.20 Å². The molecule has 0 aliphatic rings. The molecule has 0 radical (unpaired) electrons. The van der Waals surface area contributed by atoms with Crippen LogP contribution >= 0.6 is 7.60 Å². The number of oxazole rings is 1. The van der Waals surface area contributed by atoms with Gasteiger partial charge in [-0.25, -0.2) is 4.98 Å². The molecule has 0 unspecified atom stereocenters. The average molecular weight is 206 g/mol. The minimum absolute atomic E-state index is 0.150. The summed E-state index contributed by atoms with van der Waals surface area (Å²) in [5.74, 6) is 0.244. The number of nitrogens with two attached hydrogens (primary N) is 1. The van der Waals surface area contributed by atoms with Crippen molar-refractivity contribution in [1.82, 2.24) is 4.98 Å². The monoisotopic (exact) mass is 206 g/mol. The predicted molar refractivity (Wildman–Crippen MR) is 45.5 cm³/mol. The first-order valence-electron chi connectivity index (χ1n) is 3.66. The Labute approximate surface area is 74.9 Å². The molecule has 0 saturated heterocycles. The van der Waals surface area contributed by atoms with E-state index in [1.165, 1.54) is 0 Å². The van der Waals surface area contributed by atoms with Crippen LogP contribution in [-0.4, -0.2) is 20.8 Å². The van der Waals surface area contributed by atoms with Crippen molar-refractivity contribution in [3.63, 3.8) is 0 Å². The van der Waals surface area contributed by atoms with Crippen LogP contribution in [0.3, 0.4) is 0 Å². The van der Waals surface area contributed by atoms with Crippen LogP contribution in [0.4, 0.5) is 0 Å². The van der Waals surface area contributed by atoms with E-state index in [2.05, 4.69) is 4.98 Å². The summed E-state index contributed by atoms with van der Waals surface area (Å²) in [7, 11) is -4.31. The molecule has 1 heterocycles. The molecule has 0 aliphatic heterocycles. The van der Waals surface area contributed by atoms with Gasteiger partial charge in [0.2, 0.25) is 5.50 Å². The minimum Gasteiger partial charge on any atom is -0.433 e. The number of nitrogens with zero attached hydrogens (tertiary/aromatic N) is 1. The molecule has 0 spiro atoms. The second-order valence-electron chi connectivity index (χ2n) is 2.82. The molecule has 0 saturated carbocycles. The lowest BCUT2D eigenvalue weighted by atomic mass is 10.2. The second kappa shape index (κ2) is 3.59. The normalized spacial score (nSPS) is 14.5. The van der Waals surface area contributed by atoms with Crippen LogP contribution in [0.2, 0.25) is 0 Å². The lowest BCUT2D eigenvalue weighted by molar-refractivity contribution is 0.372. The van der Waals surface area contributed by atoms with Crippen LogP contribution in [0.25, 0.3) is 0 Å². The maximum atomic E-state index is 10.7. The van der Waals surface area contributed by atoms with Gasteiger partial charge < -0.3 is 19.9 Å². The van der Waals surface area contributed by atoms with E-state index in [1.807, 2.05) is 0 Å². The molecule has 0 amide bonds. The minimum atomic E-state index is -4.31. The molecule has 4 N–H and O–H groups in total. The third-order valence-corrected chi connectivity index (χ3v) is 2.11. The lowest BCUT2D eigenvalue weighted by Crippen LogP contribution is -2.17. The summed E-state index contributed by atoms with van der Waals surface area (Å²) >= 11 is 0. The van der Waals surface area contributed by atoms with Gasteiger partial charge in [-0.2, -0.15) is 0 Å². The number of aromatic nitrogens is 1. The Kier molecular flexibility index (Phi) is 2.87. The third kappa shape index (κ3) is 2.93. The van der Waals surface area contributed by atoms with Crippen LogP contribution in [0.15, 0.2) is 10.6 Å². The average Bonchev–Trinajstić information content (AvgIpc) is 2.32. The molecular weight excluding hydrogens is 195 g/mol. The highest BCUT2D eigenvalue weighted by atomic mass is 31.2. The molecule has 7 heteroatoms. The van der Waals surface area contributed by atoms with E-state index in [0.29, 0.717) is 6.42 Å². The Balaban J connectivity index is 2.81. The first-order chi connectivity index (χ1) is 5.89. The Morgan fingerprint density at radius 2 is 2.38 bits per heavy atom. The van der Waals surface area contributed by atoms with Crippen molar-refractivity contribution < 1.29 is 18.8 Å². The molecular formula is C6H11N2O4P. The summed E-state index contributed by atoms with van der Waals surface area (Å²) < 4.78 is 15.5. The summed E-state index contributed by atoms with van der Waals surface area (Å²) in [5, 5.41) is 0. The molecule has 1 aromatic heterocycles. The summed E-state index contributed by atoms with van der Waals surface area (Å²) in [6, 6.07) is -0.150. The number of hydrogen-bond acceptors (Lipinski definition) is 4. The summed E-state index contributed by atoms with van der Waals surface area (Å²) in [6.07, 6.45) is 1.39. The van der Waals surface area contributed by atoms with Gasteiger partial charge in [-0.1, -0.05) is 0 Å². The second-order valence-corrected chi connectivity index (χ2v) is 4.35. The predicted octanol–water partition coefficient (Wildman–Crippen LogP) is -0.633. The molecule has 6 nitrogen and oxygen atoms in total. The van der Waals surface area contributed by atoms with Gasteiger partial charge in [0, 0.05) is 12.5 Å². The summed E-state index contributed by atoms with van der Waals surface area (Å²) in [6.45, 7) is 1.75.